The van der Waals surface area contributed by atoms with Crippen LogP contribution in [0.15, 0.2) is 55.1 Å². The van der Waals surface area contributed by atoms with E-state index in [9.17, 15) is 4.79 Å². The number of hydrogen-bond acceptors (Lipinski definition) is 6. The van der Waals surface area contributed by atoms with Gasteiger partial charge in [-0.25, -0.2) is 9.97 Å². The monoisotopic (exact) mass is 404 g/mol. The predicted octanol–water partition coefficient (Wildman–Crippen LogP) is 3.45. The first-order chi connectivity index (χ1) is 14.4. The Morgan fingerprint density at radius 2 is 1.63 bits per heavy atom. The first kappa shape index (κ1) is 21.4. The molecule has 3 rings (SSSR count). The van der Waals surface area contributed by atoms with Crippen LogP contribution >= 0.6 is 0 Å². The minimum atomic E-state index is -0.211. The van der Waals surface area contributed by atoms with E-state index in [-0.39, 0.29) is 17.9 Å². The van der Waals surface area contributed by atoms with E-state index in [0.717, 1.165) is 22.6 Å². The molecule has 0 spiro atoms. The van der Waals surface area contributed by atoms with Crippen molar-refractivity contribution in [1.29, 1.82) is 0 Å². The molecule has 1 N–H and O–H groups in total. The summed E-state index contributed by atoms with van der Waals surface area (Å²) in [6.45, 7) is 4.16. The van der Waals surface area contributed by atoms with Crippen LogP contribution in [0.4, 0.5) is 5.82 Å². The number of nitrogens with zero attached hydrogens (tertiary/aromatic N) is 5. The molecule has 1 atom stereocenters. The lowest BCUT2D eigenvalue weighted by atomic mass is 9.99. The van der Waals surface area contributed by atoms with Crippen molar-refractivity contribution in [2.75, 3.05) is 19.0 Å². The van der Waals surface area contributed by atoms with E-state index in [2.05, 4.69) is 34.1 Å². The molecule has 0 aliphatic rings. The molecule has 0 fully saturated rings. The fourth-order valence-corrected chi connectivity index (χ4v) is 3.11. The van der Waals surface area contributed by atoms with Crippen molar-refractivity contribution in [3.8, 4) is 11.4 Å². The molecule has 7 nitrogen and oxygen atoms in total. The number of carbonyl (C=O) groups is 1. The van der Waals surface area contributed by atoms with Crippen LogP contribution < -0.4 is 10.2 Å². The summed E-state index contributed by atoms with van der Waals surface area (Å²) in [6, 6.07) is 9.37. The molecule has 1 unspecified atom stereocenters. The third-order valence-corrected chi connectivity index (χ3v) is 4.82. The smallest absolute Gasteiger partial charge is 0.220 e. The van der Waals surface area contributed by atoms with Gasteiger partial charge in [0.15, 0.2) is 5.82 Å². The number of pyridine rings is 2. The van der Waals surface area contributed by atoms with E-state index in [4.69, 9.17) is 4.98 Å². The molecule has 0 bridgehead atoms. The number of aromatic nitrogens is 4. The van der Waals surface area contributed by atoms with Gasteiger partial charge in [0, 0.05) is 56.9 Å². The fourth-order valence-electron chi connectivity index (χ4n) is 3.11. The van der Waals surface area contributed by atoms with Crippen molar-refractivity contribution in [2.45, 2.75) is 32.7 Å². The molecule has 3 aromatic rings. The Hall–Kier alpha value is -3.35. The van der Waals surface area contributed by atoms with Crippen LogP contribution in [0.5, 0.6) is 0 Å². The lowest BCUT2D eigenvalue weighted by molar-refractivity contribution is -0.122. The minimum Gasteiger partial charge on any atom is -0.363 e. The van der Waals surface area contributed by atoms with Gasteiger partial charge in [-0.3, -0.25) is 14.8 Å². The molecule has 3 heterocycles. The highest BCUT2D eigenvalue weighted by molar-refractivity contribution is 5.76. The summed E-state index contributed by atoms with van der Waals surface area (Å²) in [5.41, 5.74) is 2.78. The Morgan fingerprint density at radius 1 is 1.00 bits per heavy atom. The molecule has 7 heteroatoms. The SMILES string of the molecule is CC(C)C(NC(=O)CCc1ccncc1)c1cc(N(C)C)nc(-c2ccncc2)n1. The number of carbonyl (C=O) groups excluding carboxylic acids is 1. The molecule has 1 amide bonds. The van der Waals surface area contributed by atoms with Crippen LogP contribution in [0, 0.1) is 5.92 Å². The largest absolute Gasteiger partial charge is 0.363 e. The molecular formula is C23H28N6O. The highest BCUT2D eigenvalue weighted by atomic mass is 16.1. The Bertz CT molecular complexity index is 960. The molecular weight excluding hydrogens is 376 g/mol. The van der Waals surface area contributed by atoms with Crippen LogP contribution in [-0.2, 0) is 11.2 Å². The van der Waals surface area contributed by atoms with Gasteiger partial charge in [-0.15, -0.1) is 0 Å². The average molecular weight is 405 g/mol. The maximum atomic E-state index is 12.7. The summed E-state index contributed by atoms with van der Waals surface area (Å²) in [5.74, 6) is 1.59. The van der Waals surface area contributed by atoms with Gasteiger partial charge >= 0.3 is 0 Å². The maximum absolute atomic E-state index is 12.7. The van der Waals surface area contributed by atoms with Gasteiger partial charge < -0.3 is 10.2 Å². The van der Waals surface area contributed by atoms with Crippen molar-refractivity contribution in [2.24, 2.45) is 5.92 Å². The highest BCUT2D eigenvalue weighted by Gasteiger charge is 2.22. The van der Waals surface area contributed by atoms with E-state index >= 15 is 0 Å². The van der Waals surface area contributed by atoms with Crippen LogP contribution in [0.1, 0.15) is 37.6 Å². The molecule has 156 valence electrons. The van der Waals surface area contributed by atoms with Gasteiger partial charge in [0.05, 0.1) is 11.7 Å². The van der Waals surface area contributed by atoms with E-state index < -0.39 is 0 Å². The van der Waals surface area contributed by atoms with Crippen LogP contribution in [0.25, 0.3) is 11.4 Å². The summed E-state index contributed by atoms with van der Waals surface area (Å²) >= 11 is 0. The lowest BCUT2D eigenvalue weighted by Gasteiger charge is -2.24. The first-order valence-electron chi connectivity index (χ1n) is 10.1. The van der Waals surface area contributed by atoms with Gasteiger partial charge in [0.1, 0.15) is 5.82 Å². The van der Waals surface area contributed by atoms with E-state index in [1.165, 1.54) is 0 Å². The predicted molar refractivity (Wildman–Crippen MR) is 118 cm³/mol. The molecule has 30 heavy (non-hydrogen) atoms. The zero-order valence-corrected chi connectivity index (χ0v) is 17.9. The second-order valence-corrected chi connectivity index (χ2v) is 7.75. The number of amides is 1. The number of aryl methyl sites for hydroxylation is 1. The summed E-state index contributed by atoms with van der Waals surface area (Å²) in [7, 11) is 3.89. The highest BCUT2D eigenvalue weighted by Crippen LogP contribution is 2.26. The van der Waals surface area contributed by atoms with Crippen molar-refractivity contribution in [3.63, 3.8) is 0 Å². The zero-order chi connectivity index (χ0) is 21.5. The van der Waals surface area contributed by atoms with Crippen molar-refractivity contribution in [3.05, 3.63) is 66.4 Å². The molecule has 0 radical (unpaired) electrons. The van der Waals surface area contributed by atoms with Gasteiger partial charge in [-0.2, -0.15) is 0 Å². The van der Waals surface area contributed by atoms with Crippen molar-refractivity contribution in [1.82, 2.24) is 25.3 Å². The van der Waals surface area contributed by atoms with E-state index in [1.54, 1.807) is 24.8 Å². The number of rotatable bonds is 8. The minimum absolute atomic E-state index is 0.000915. The van der Waals surface area contributed by atoms with Gasteiger partial charge in [-0.05, 0) is 42.2 Å². The van der Waals surface area contributed by atoms with Gasteiger partial charge in [0.2, 0.25) is 5.91 Å². The average Bonchev–Trinajstić information content (AvgIpc) is 2.76. The number of hydrogen-bond donors (Lipinski definition) is 1. The van der Waals surface area contributed by atoms with E-state index in [0.29, 0.717) is 18.7 Å². The van der Waals surface area contributed by atoms with Crippen LogP contribution in [-0.4, -0.2) is 39.9 Å². The second kappa shape index (κ2) is 9.91. The third kappa shape index (κ3) is 5.59. The Labute approximate surface area is 177 Å². The Balaban J connectivity index is 1.84. The van der Waals surface area contributed by atoms with Crippen LogP contribution in [0.3, 0.4) is 0 Å². The van der Waals surface area contributed by atoms with Gasteiger partial charge in [0.25, 0.3) is 0 Å². The fraction of sp³-hybridized carbons (Fsp3) is 0.348. The van der Waals surface area contributed by atoms with Gasteiger partial charge in [-0.1, -0.05) is 13.8 Å². The van der Waals surface area contributed by atoms with Crippen LogP contribution in [0.2, 0.25) is 0 Å². The number of anilines is 1. The topological polar surface area (TPSA) is 83.9 Å². The number of nitrogens with one attached hydrogen (secondary N) is 1. The Kier molecular flexibility index (Phi) is 7.06. The Morgan fingerprint density at radius 3 is 2.23 bits per heavy atom. The normalized spacial score (nSPS) is 11.9. The third-order valence-electron chi connectivity index (χ3n) is 4.82. The van der Waals surface area contributed by atoms with Crippen molar-refractivity contribution < 1.29 is 4.79 Å². The molecule has 0 aromatic carbocycles. The van der Waals surface area contributed by atoms with Crippen molar-refractivity contribution >= 4 is 11.7 Å². The quantitative estimate of drug-likeness (QED) is 0.619. The maximum Gasteiger partial charge on any atom is 0.220 e. The summed E-state index contributed by atoms with van der Waals surface area (Å²) in [6.07, 6.45) is 8.02. The molecule has 0 saturated carbocycles. The second-order valence-electron chi connectivity index (χ2n) is 7.75. The molecule has 0 aliphatic heterocycles. The molecule has 0 aliphatic carbocycles. The lowest BCUT2D eigenvalue weighted by Crippen LogP contribution is -2.33. The zero-order valence-electron chi connectivity index (χ0n) is 17.9. The standard InChI is InChI=1S/C23H28N6O/c1-16(2)22(28-21(30)6-5-17-7-11-24-12-8-17)19-15-20(29(3)4)27-23(26-19)18-9-13-25-14-10-18/h7-16,22H,5-6H2,1-4H3,(H,28,30). The van der Waals surface area contributed by atoms with E-state index in [1.807, 2.05) is 49.3 Å². The first-order valence-corrected chi connectivity index (χ1v) is 10.1. The summed E-state index contributed by atoms with van der Waals surface area (Å²) in [5, 5.41) is 3.17. The summed E-state index contributed by atoms with van der Waals surface area (Å²) < 4.78 is 0. The summed E-state index contributed by atoms with van der Waals surface area (Å²) in [4.78, 5) is 32.2. The molecule has 0 saturated heterocycles. The molecule has 3 aromatic heterocycles.